The molecule has 0 aliphatic carbocycles. The average molecular weight is 275 g/mol. The van der Waals surface area contributed by atoms with Gasteiger partial charge < -0.3 is 5.11 Å². The van der Waals surface area contributed by atoms with Gasteiger partial charge in [-0.15, -0.1) is 11.3 Å². The SMILES string of the molecule is O=C(O)c1sccc1-c1cc(F)c(F)cc1Cl. The fourth-order valence-electron chi connectivity index (χ4n) is 1.42. The molecular formula is C11H5ClF2O2S. The van der Waals surface area contributed by atoms with E-state index in [9.17, 15) is 13.6 Å². The van der Waals surface area contributed by atoms with E-state index in [1.54, 1.807) is 5.38 Å². The lowest BCUT2D eigenvalue weighted by Crippen LogP contribution is -1.96. The highest BCUT2D eigenvalue weighted by molar-refractivity contribution is 7.12. The molecule has 0 spiro atoms. The van der Waals surface area contributed by atoms with Crippen molar-refractivity contribution in [2.75, 3.05) is 0 Å². The van der Waals surface area contributed by atoms with Crippen molar-refractivity contribution >= 4 is 28.9 Å². The first-order valence-corrected chi connectivity index (χ1v) is 5.72. The van der Waals surface area contributed by atoms with Crippen LogP contribution in [0.1, 0.15) is 9.67 Å². The largest absolute Gasteiger partial charge is 0.477 e. The molecule has 6 heteroatoms. The first kappa shape index (κ1) is 12.0. The normalized spacial score (nSPS) is 10.5. The predicted molar refractivity (Wildman–Crippen MR) is 61.6 cm³/mol. The van der Waals surface area contributed by atoms with Crippen molar-refractivity contribution in [1.82, 2.24) is 0 Å². The Bertz CT molecular complexity index is 595. The number of halogens is 3. The van der Waals surface area contributed by atoms with E-state index in [0.29, 0.717) is 0 Å². The second kappa shape index (κ2) is 4.43. The number of carbonyl (C=O) groups is 1. The molecule has 1 heterocycles. The third-order valence-corrected chi connectivity index (χ3v) is 3.37. The van der Waals surface area contributed by atoms with Crippen LogP contribution in [0.5, 0.6) is 0 Å². The molecule has 0 radical (unpaired) electrons. The Hall–Kier alpha value is -1.46. The third kappa shape index (κ3) is 2.16. The highest BCUT2D eigenvalue weighted by atomic mass is 35.5. The molecule has 0 aliphatic heterocycles. The van der Waals surface area contributed by atoms with Gasteiger partial charge in [0.2, 0.25) is 0 Å². The second-order valence-corrected chi connectivity index (χ2v) is 4.54. The van der Waals surface area contributed by atoms with Crippen LogP contribution in [0.3, 0.4) is 0 Å². The summed E-state index contributed by atoms with van der Waals surface area (Å²) in [7, 11) is 0. The van der Waals surface area contributed by atoms with E-state index in [0.717, 1.165) is 23.5 Å². The quantitative estimate of drug-likeness (QED) is 0.839. The smallest absolute Gasteiger partial charge is 0.346 e. The molecule has 0 amide bonds. The molecular weight excluding hydrogens is 270 g/mol. The number of carboxylic acids is 1. The molecule has 0 bridgehead atoms. The maximum Gasteiger partial charge on any atom is 0.346 e. The number of hydrogen-bond donors (Lipinski definition) is 1. The molecule has 1 aromatic carbocycles. The number of carboxylic acid groups (broad SMARTS) is 1. The maximum absolute atomic E-state index is 13.1. The minimum absolute atomic E-state index is 0.0233. The fourth-order valence-corrected chi connectivity index (χ4v) is 2.41. The first-order chi connectivity index (χ1) is 8.00. The van der Waals surface area contributed by atoms with E-state index in [4.69, 9.17) is 16.7 Å². The molecule has 0 aliphatic rings. The third-order valence-electron chi connectivity index (χ3n) is 2.16. The van der Waals surface area contributed by atoms with Gasteiger partial charge in [-0.3, -0.25) is 0 Å². The van der Waals surface area contributed by atoms with E-state index >= 15 is 0 Å². The zero-order valence-corrected chi connectivity index (χ0v) is 9.78. The molecule has 2 aromatic rings. The lowest BCUT2D eigenvalue weighted by molar-refractivity contribution is 0.0703. The maximum atomic E-state index is 13.1. The minimum Gasteiger partial charge on any atom is -0.477 e. The molecule has 1 N–H and O–H groups in total. The van der Waals surface area contributed by atoms with Gasteiger partial charge in [0.15, 0.2) is 11.6 Å². The standard InChI is InChI=1S/C11H5ClF2O2S/c12-7-4-9(14)8(13)3-6(7)5-1-2-17-10(5)11(15)16/h1-4H,(H,15,16). The Balaban J connectivity index is 2.64. The van der Waals surface area contributed by atoms with Gasteiger partial charge in [0.05, 0.1) is 5.02 Å². The number of hydrogen-bond acceptors (Lipinski definition) is 2. The summed E-state index contributed by atoms with van der Waals surface area (Å²) in [6.07, 6.45) is 0. The average Bonchev–Trinajstić information content (AvgIpc) is 2.72. The summed E-state index contributed by atoms with van der Waals surface area (Å²) in [5.41, 5.74) is 0.454. The van der Waals surface area contributed by atoms with Gasteiger partial charge in [-0.05, 0) is 23.6 Å². The van der Waals surface area contributed by atoms with Crippen LogP contribution in [0, 0.1) is 11.6 Å². The van der Waals surface area contributed by atoms with Crippen LogP contribution in [0.2, 0.25) is 5.02 Å². The molecule has 0 saturated heterocycles. The van der Waals surface area contributed by atoms with Gasteiger partial charge in [0, 0.05) is 11.1 Å². The lowest BCUT2D eigenvalue weighted by Gasteiger charge is -2.04. The molecule has 88 valence electrons. The van der Waals surface area contributed by atoms with Crippen molar-refractivity contribution in [3.8, 4) is 11.1 Å². The van der Waals surface area contributed by atoms with Gasteiger partial charge in [-0.2, -0.15) is 0 Å². The van der Waals surface area contributed by atoms with E-state index < -0.39 is 17.6 Å². The monoisotopic (exact) mass is 274 g/mol. The van der Waals surface area contributed by atoms with Gasteiger partial charge in [0.1, 0.15) is 4.88 Å². The van der Waals surface area contributed by atoms with Crippen LogP contribution in [0.25, 0.3) is 11.1 Å². The summed E-state index contributed by atoms with van der Waals surface area (Å²) in [5.74, 6) is -3.26. The molecule has 0 unspecified atom stereocenters. The Morgan fingerprint density at radius 2 is 1.88 bits per heavy atom. The Morgan fingerprint density at radius 3 is 2.53 bits per heavy atom. The van der Waals surface area contributed by atoms with Crippen molar-refractivity contribution in [2.45, 2.75) is 0 Å². The summed E-state index contributed by atoms with van der Waals surface area (Å²) in [6.45, 7) is 0. The number of aromatic carboxylic acids is 1. The first-order valence-electron chi connectivity index (χ1n) is 4.46. The van der Waals surface area contributed by atoms with Gasteiger partial charge in [-0.1, -0.05) is 11.6 Å². The van der Waals surface area contributed by atoms with E-state index in [1.165, 1.54) is 6.07 Å². The highest BCUT2D eigenvalue weighted by Gasteiger charge is 2.17. The van der Waals surface area contributed by atoms with Crippen LogP contribution >= 0.6 is 22.9 Å². The Kier molecular flexibility index (Phi) is 3.13. The fraction of sp³-hybridized carbons (Fsp3) is 0. The van der Waals surface area contributed by atoms with Crippen molar-refractivity contribution in [1.29, 1.82) is 0 Å². The minimum atomic E-state index is -1.13. The number of rotatable bonds is 2. The number of thiophene rings is 1. The summed E-state index contributed by atoms with van der Waals surface area (Å²) in [5, 5.41) is 10.5. The van der Waals surface area contributed by atoms with E-state index in [1.807, 2.05) is 0 Å². The van der Waals surface area contributed by atoms with Gasteiger partial charge in [-0.25, -0.2) is 13.6 Å². The lowest BCUT2D eigenvalue weighted by atomic mass is 10.1. The van der Waals surface area contributed by atoms with Crippen molar-refractivity contribution < 1.29 is 18.7 Å². The van der Waals surface area contributed by atoms with Gasteiger partial charge >= 0.3 is 5.97 Å². The van der Waals surface area contributed by atoms with Crippen molar-refractivity contribution in [3.63, 3.8) is 0 Å². The van der Waals surface area contributed by atoms with Gasteiger partial charge in [0.25, 0.3) is 0 Å². The molecule has 2 nitrogen and oxygen atoms in total. The Labute approximate surface area is 104 Å². The summed E-state index contributed by atoms with van der Waals surface area (Å²) in [4.78, 5) is 11.0. The van der Waals surface area contributed by atoms with Crippen LogP contribution in [0.15, 0.2) is 23.6 Å². The molecule has 0 atom stereocenters. The van der Waals surface area contributed by atoms with E-state index in [-0.39, 0.29) is 21.0 Å². The van der Waals surface area contributed by atoms with E-state index in [2.05, 4.69) is 0 Å². The summed E-state index contributed by atoms with van der Waals surface area (Å²) >= 11 is 6.77. The van der Waals surface area contributed by atoms with Crippen LogP contribution in [-0.4, -0.2) is 11.1 Å². The zero-order valence-electron chi connectivity index (χ0n) is 8.21. The van der Waals surface area contributed by atoms with Crippen LogP contribution in [0.4, 0.5) is 8.78 Å². The van der Waals surface area contributed by atoms with Crippen LogP contribution < -0.4 is 0 Å². The molecule has 1 aromatic heterocycles. The molecule has 0 fully saturated rings. The Morgan fingerprint density at radius 1 is 1.24 bits per heavy atom. The molecule has 2 rings (SSSR count). The van der Waals surface area contributed by atoms with Crippen molar-refractivity contribution in [2.24, 2.45) is 0 Å². The molecule has 0 saturated carbocycles. The predicted octanol–water partition coefficient (Wildman–Crippen LogP) is 4.04. The topological polar surface area (TPSA) is 37.3 Å². The highest BCUT2D eigenvalue weighted by Crippen LogP contribution is 2.34. The number of benzene rings is 1. The molecule has 17 heavy (non-hydrogen) atoms. The van der Waals surface area contributed by atoms with Crippen molar-refractivity contribution in [3.05, 3.63) is 45.1 Å². The summed E-state index contributed by atoms with van der Waals surface area (Å²) in [6, 6.07) is 3.23. The second-order valence-electron chi connectivity index (χ2n) is 3.21. The summed E-state index contributed by atoms with van der Waals surface area (Å²) < 4.78 is 26.0. The zero-order chi connectivity index (χ0) is 12.6. The van der Waals surface area contributed by atoms with Crippen LogP contribution in [-0.2, 0) is 0 Å².